The number of aliphatic hydroxyl groups excluding tert-OH is 1. The van der Waals surface area contributed by atoms with E-state index < -0.39 is 58.8 Å². The number of carbonyl (C=O) groups excluding carboxylic acids is 7. The fraction of sp³-hybridized carbons (Fsp3) is 0.551. The maximum absolute atomic E-state index is 14.8. The molecule has 3 aromatic carbocycles. The average molecular weight is 1230 g/mol. The quantitative estimate of drug-likeness (QED) is 0.0344. The van der Waals surface area contributed by atoms with Gasteiger partial charge < -0.3 is 64.4 Å². The van der Waals surface area contributed by atoms with Crippen molar-refractivity contribution in [3.8, 4) is 17.6 Å². The number of benzene rings is 3. The van der Waals surface area contributed by atoms with Gasteiger partial charge in [-0.3, -0.25) is 33.6 Å². The van der Waals surface area contributed by atoms with Crippen LogP contribution in [0.25, 0.3) is 0 Å². The summed E-state index contributed by atoms with van der Waals surface area (Å²) in [6.07, 6.45) is 7.56. The van der Waals surface area contributed by atoms with Crippen LogP contribution in [0.4, 0.5) is 11.4 Å². The molecule has 0 aromatic heterocycles. The Hall–Kier alpha value is -7.09. The minimum absolute atomic E-state index is 0.00308. The van der Waals surface area contributed by atoms with Crippen molar-refractivity contribution in [3.05, 3.63) is 113 Å². The molecule has 2 heterocycles. The van der Waals surface area contributed by atoms with Gasteiger partial charge in [-0.15, -0.1) is 0 Å². The molecule has 4 aliphatic carbocycles. The Bertz CT molecular complexity index is 3170. The maximum Gasteiger partial charge on any atom is 0.246 e. The molecule has 6 aliphatic rings. The van der Waals surface area contributed by atoms with E-state index in [4.69, 9.17) is 33.2 Å². The van der Waals surface area contributed by atoms with Crippen molar-refractivity contribution in [2.75, 3.05) is 76.2 Å². The van der Waals surface area contributed by atoms with Gasteiger partial charge in [0.1, 0.15) is 24.4 Å². The number of nitrogens with zero attached hydrogens (tertiary/aromatic N) is 1. The first-order valence-corrected chi connectivity index (χ1v) is 31.5. The smallest absolute Gasteiger partial charge is 0.246 e. The number of ether oxygens (including phenoxy) is 7. The van der Waals surface area contributed by atoms with Gasteiger partial charge >= 0.3 is 0 Å². The minimum Gasteiger partial charge on any atom is -0.486 e. The van der Waals surface area contributed by atoms with Gasteiger partial charge in [0.2, 0.25) is 35.3 Å². The summed E-state index contributed by atoms with van der Waals surface area (Å²) < 4.78 is 41.8. The summed E-state index contributed by atoms with van der Waals surface area (Å²) >= 11 is 0. The Labute approximate surface area is 521 Å². The van der Waals surface area contributed by atoms with Crippen LogP contribution in [0.5, 0.6) is 5.75 Å². The lowest BCUT2D eigenvalue weighted by molar-refractivity contribution is -0.200. The van der Waals surface area contributed by atoms with Crippen LogP contribution in [0.2, 0.25) is 0 Å². The molecule has 478 valence electrons. The second kappa shape index (κ2) is 30.1. The SMILES string of the molecule is CCC[C@@H]1O[C@@H]2C[C@H]3[C@@H]4CCC5=CC(=O)C=C[C@]5(C)[C@H]4[C@@H](O)C[C@]3(C)[C@]2(C(=O)COc2ccc(NC(=O)[C@H](C)NC(=O)[C@@H](NC(=O)CCOCCOCCOCCOCCNC(=O)CCC(=O)N3Cc4ccccc4C#Cc4ccccc43)C(C)C)cc2)O1. The van der Waals surface area contributed by atoms with Gasteiger partial charge in [0.05, 0.1) is 77.3 Å². The molecule has 0 unspecified atom stereocenters. The zero-order valence-corrected chi connectivity index (χ0v) is 52.1. The third-order valence-corrected chi connectivity index (χ3v) is 18.6. The highest BCUT2D eigenvalue weighted by Gasteiger charge is 2.76. The monoisotopic (exact) mass is 1230 g/mol. The van der Waals surface area contributed by atoms with E-state index in [0.29, 0.717) is 70.2 Å². The van der Waals surface area contributed by atoms with Gasteiger partial charge in [0.15, 0.2) is 17.7 Å². The summed E-state index contributed by atoms with van der Waals surface area (Å²) in [5.41, 5.74) is 2.27. The Morgan fingerprint density at radius 3 is 2.18 bits per heavy atom. The summed E-state index contributed by atoms with van der Waals surface area (Å²) in [5.74, 6) is 4.44. The van der Waals surface area contributed by atoms with Crippen molar-refractivity contribution in [2.24, 2.45) is 34.5 Å². The number of hydrogen-bond donors (Lipinski definition) is 5. The molecule has 0 radical (unpaired) electrons. The Kier molecular flexibility index (Phi) is 22.5. The number of amides is 5. The van der Waals surface area contributed by atoms with Crippen molar-refractivity contribution < 1.29 is 71.8 Å². The standard InChI is InChI=1S/C69H87N5O15/c1-7-12-62-88-58-40-54-53-24-19-49-39-51(75)27-29-67(49,5)63(53)56(76)41-68(54,6)69(58,89-62)57(77)43-87-52-22-20-50(21-23-52)72-65(81)45(4)71-66(82)64(44(2)3)73-60(79)28-31-83-33-35-85-37-38-86-36-34-84-32-30-70-59(78)25-26-61(80)74-42-48-15-9-8-13-46(48)17-18-47-14-10-11-16-55(47)74/h8-11,13-16,20-23,27,29,39,44-45,53-54,56,58,62-64,76H,7,12,19,24-26,28,30-38,40-43H2,1-6H3,(H,70,78)(H,71,82)(H,72,81)(H,73,79)/t45-,53-,54-,56-,58+,62+,63+,64-,67-,68-,69+/m0/s1. The van der Waals surface area contributed by atoms with Crippen molar-refractivity contribution in [1.82, 2.24) is 16.0 Å². The molecule has 3 aromatic rings. The van der Waals surface area contributed by atoms with Gasteiger partial charge in [-0.25, -0.2) is 0 Å². The Balaban J connectivity index is 0.611. The molecule has 3 saturated carbocycles. The third kappa shape index (κ3) is 15.4. The fourth-order valence-corrected chi connectivity index (χ4v) is 14.1. The highest BCUT2D eigenvalue weighted by Crippen LogP contribution is 2.70. The normalized spacial score (nSPS) is 26.0. The maximum atomic E-state index is 14.8. The number of hydrogen-bond acceptors (Lipinski definition) is 15. The minimum atomic E-state index is -1.33. The molecule has 5 amide bonds. The van der Waals surface area contributed by atoms with E-state index in [9.17, 15) is 38.7 Å². The first kappa shape index (κ1) is 66.3. The van der Waals surface area contributed by atoms with Gasteiger partial charge in [0, 0.05) is 59.4 Å². The molecule has 0 bridgehead atoms. The van der Waals surface area contributed by atoms with Crippen LogP contribution < -0.4 is 30.9 Å². The van der Waals surface area contributed by atoms with Gasteiger partial charge in [-0.05, 0) is 117 Å². The largest absolute Gasteiger partial charge is 0.486 e. The average Bonchev–Trinajstić information content (AvgIpc) is 1.56. The molecule has 0 spiro atoms. The van der Waals surface area contributed by atoms with E-state index in [2.05, 4.69) is 47.0 Å². The molecular formula is C69H87N5O15. The molecule has 4 fully saturated rings. The number of Topliss-reactive ketones (excluding diaryl/α,β-unsaturated/α-hetero) is 1. The number of aliphatic hydroxyl groups is 1. The van der Waals surface area contributed by atoms with Crippen LogP contribution in [0.1, 0.15) is 116 Å². The number of ketones is 2. The molecule has 9 rings (SSSR count). The molecule has 20 heteroatoms. The third-order valence-electron chi connectivity index (χ3n) is 18.6. The first-order valence-electron chi connectivity index (χ1n) is 31.5. The van der Waals surface area contributed by atoms with Crippen LogP contribution in [0.15, 0.2) is 96.6 Å². The summed E-state index contributed by atoms with van der Waals surface area (Å²) in [7, 11) is 0. The molecule has 20 nitrogen and oxygen atoms in total. The van der Waals surface area contributed by atoms with Crippen molar-refractivity contribution in [2.45, 2.75) is 142 Å². The molecule has 2 aliphatic heterocycles. The number of allylic oxidation sites excluding steroid dienone is 4. The number of carbonyl (C=O) groups is 7. The van der Waals surface area contributed by atoms with E-state index in [1.165, 1.54) is 0 Å². The molecule has 1 saturated heterocycles. The summed E-state index contributed by atoms with van der Waals surface area (Å²) in [4.78, 5) is 94.4. The lowest BCUT2D eigenvalue weighted by Gasteiger charge is -2.59. The number of anilines is 2. The van der Waals surface area contributed by atoms with Crippen LogP contribution in [0, 0.1) is 46.3 Å². The van der Waals surface area contributed by atoms with Crippen LogP contribution in [0.3, 0.4) is 0 Å². The highest BCUT2D eigenvalue weighted by molar-refractivity contribution is 6.01. The number of nitrogens with one attached hydrogen (secondary N) is 4. The number of rotatable bonds is 30. The van der Waals surface area contributed by atoms with Gasteiger partial charge in [0.25, 0.3) is 0 Å². The van der Waals surface area contributed by atoms with E-state index in [1.54, 1.807) is 62.1 Å². The van der Waals surface area contributed by atoms with Crippen LogP contribution in [-0.4, -0.2) is 148 Å². The van der Waals surface area contributed by atoms with Crippen molar-refractivity contribution in [3.63, 3.8) is 0 Å². The first-order chi connectivity index (χ1) is 42.8. The summed E-state index contributed by atoms with van der Waals surface area (Å²) in [6, 6.07) is 20.0. The second-order valence-corrected chi connectivity index (χ2v) is 24.8. The van der Waals surface area contributed by atoms with Crippen molar-refractivity contribution in [1.29, 1.82) is 0 Å². The lowest BCUT2D eigenvalue weighted by atomic mass is 9.46. The molecule has 5 N–H and O–H groups in total. The number of para-hydroxylation sites is 1. The fourth-order valence-electron chi connectivity index (χ4n) is 14.1. The predicted molar refractivity (Wildman–Crippen MR) is 331 cm³/mol. The topological polar surface area (TPSA) is 256 Å². The van der Waals surface area contributed by atoms with Crippen LogP contribution >= 0.6 is 0 Å². The molecule has 11 atom stereocenters. The molecule has 89 heavy (non-hydrogen) atoms. The highest BCUT2D eigenvalue weighted by atomic mass is 16.7. The lowest BCUT2D eigenvalue weighted by Crippen LogP contribution is -2.63. The van der Waals surface area contributed by atoms with E-state index in [-0.39, 0.29) is 105 Å². The van der Waals surface area contributed by atoms with E-state index in [0.717, 1.165) is 47.2 Å². The summed E-state index contributed by atoms with van der Waals surface area (Å²) in [5, 5.41) is 23.2. The Morgan fingerprint density at radius 2 is 1.46 bits per heavy atom. The second-order valence-electron chi connectivity index (χ2n) is 24.8. The van der Waals surface area contributed by atoms with Crippen molar-refractivity contribution >= 4 is 52.5 Å². The predicted octanol–water partition coefficient (Wildman–Crippen LogP) is 6.69. The zero-order valence-electron chi connectivity index (χ0n) is 52.1. The zero-order chi connectivity index (χ0) is 63.3. The summed E-state index contributed by atoms with van der Waals surface area (Å²) in [6.45, 7) is 14.0. The van der Waals surface area contributed by atoms with E-state index >= 15 is 0 Å². The van der Waals surface area contributed by atoms with E-state index in [1.807, 2.05) is 61.5 Å². The molecular weight excluding hydrogens is 1140 g/mol. The Morgan fingerprint density at radius 1 is 0.787 bits per heavy atom. The van der Waals surface area contributed by atoms with Crippen LogP contribution in [-0.2, 0) is 68.5 Å². The number of fused-ring (bicyclic) bond motifs is 9. The van der Waals surface area contributed by atoms with Gasteiger partial charge in [-0.1, -0.05) is 94.9 Å². The van der Waals surface area contributed by atoms with Gasteiger partial charge in [-0.2, -0.15) is 0 Å².